The molecule has 0 fully saturated rings. The van der Waals surface area contributed by atoms with Gasteiger partial charge in [-0.2, -0.15) is 0 Å². The van der Waals surface area contributed by atoms with Gasteiger partial charge in [0, 0.05) is 29.5 Å². The van der Waals surface area contributed by atoms with Crippen molar-refractivity contribution in [2.45, 2.75) is 46.8 Å². The van der Waals surface area contributed by atoms with Crippen LogP contribution in [-0.2, 0) is 12.2 Å². The first-order valence-electron chi connectivity index (χ1n) is 10.6. The Hall–Kier alpha value is -2.66. The molecule has 4 heterocycles. The molecule has 4 aromatic rings. The summed E-state index contributed by atoms with van der Waals surface area (Å²) in [6, 6.07) is 3.47. The third-order valence-electron chi connectivity index (χ3n) is 5.18. The van der Waals surface area contributed by atoms with Gasteiger partial charge < -0.3 is 9.84 Å². The maximum absolute atomic E-state index is 13.4. The van der Waals surface area contributed by atoms with Crippen molar-refractivity contribution in [3.63, 3.8) is 0 Å². The van der Waals surface area contributed by atoms with Gasteiger partial charge in [-0.1, -0.05) is 11.6 Å². The first-order valence-corrected chi connectivity index (χ1v) is 12.7. The molecule has 0 atom stereocenters. The summed E-state index contributed by atoms with van der Waals surface area (Å²) in [6.07, 6.45) is 3.11. The van der Waals surface area contributed by atoms with E-state index in [0.29, 0.717) is 33.5 Å². The lowest BCUT2D eigenvalue weighted by molar-refractivity contribution is 0.0688. The fourth-order valence-electron chi connectivity index (χ4n) is 3.44. The molecule has 4 aromatic heterocycles. The zero-order chi connectivity index (χ0) is 25.5. The van der Waals surface area contributed by atoms with Crippen LogP contribution in [0.1, 0.15) is 41.6 Å². The smallest absolute Gasteiger partial charge is 0.273 e. The van der Waals surface area contributed by atoms with Crippen molar-refractivity contribution >= 4 is 38.9 Å². The van der Waals surface area contributed by atoms with E-state index in [9.17, 15) is 9.90 Å². The van der Waals surface area contributed by atoms with E-state index in [2.05, 4.69) is 35.9 Å². The lowest BCUT2D eigenvalue weighted by Gasteiger charge is -2.18. The van der Waals surface area contributed by atoms with Crippen LogP contribution in [0.4, 0.5) is 0 Å². The number of rotatable bonds is 6. The number of halogens is 2. The Morgan fingerprint density at radius 1 is 1.17 bits per heavy atom. The Labute approximate surface area is 219 Å². The van der Waals surface area contributed by atoms with Crippen LogP contribution >= 0.6 is 38.9 Å². The van der Waals surface area contributed by atoms with Crippen LogP contribution < -0.4 is 10.3 Å². The van der Waals surface area contributed by atoms with Crippen LogP contribution in [0.25, 0.3) is 17.1 Å². The summed E-state index contributed by atoms with van der Waals surface area (Å²) in [5, 5.41) is 13.5. The van der Waals surface area contributed by atoms with Gasteiger partial charge in [0.05, 0.1) is 32.8 Å². The summed E-state index contributed by atoms with van der Waals surface area (Å²) in [6.45, 7) is 9.05. The van der Waals surface area contributed by atoms with Crippen molar-refractivity contribution in [2.24, 2.45) is 0 Å². The topological polar surface area (TPSA) is 103 Å². The van der Waals surface area contributed by atoms with Gasteiger partial charge in [0.15, 0.2) is 5.82 Å². The molecule has 0 unspecified atom stereocenters. The number of hydrogen-bond acceptors (Lipinski definition) is 8. The number of thiazole rings is 1. The van der Waals surface area contributed by atoms with E-state index < -0.39 is 5.60 Å². The number of ether oxygens (including phenoxy) is 1. The minimum absolute atomic E-state index is 0.253. The van der Waals surface area contributed by atoms with Crippen LogP contribution in [0.2, 0.25) is 5.02 Å². The third kappa shape index (κ3) is 5.30. The normalized spacial score (nSPS) is 11.7. The molecule has 0 aromatic carbocycles. The second-order valence-electron chi connectivity index (χ2n) is 8.56. The monoisotopic (exact) mass is 575 g/mol. The third-order valence-corrected chi connectivity index (χ3v) is 7.02. The molecule has 0 spiro atoms. The van der Waals surface area contributed by atoms with Gasteiger partial charge in [0.2, 0.25) is 0 Å². The van der Waals surface area contributed by atoms with Gasteiger partial charge in [-0.25, -0.2) is 15.0 Å². The average molecular weight is 577 g/mol. The highest BCUT2D eigenvalue weighted by Crippen LogP contribution is 2.30. The van der Waals surface area contributed by atoms with Gasteiger partial charge >= 0.3 is 0 Å². The Morgan fingerprint density at radius 2 is 1.91 bits per heavy atom. The van der Waals surface area contributed by atoms with Gasteiger partial charge in [-0.3, -0.25) is 14.3 Å². The predicted octanol–water partition coefficient (Wildman–Crippen LogP) is 5.29. The van der Waals surface area contributed by atoms with Gasteiger partial charge in [-0.05, 0) is 62.2 Å². The lowest BCUT2D eigenvalue weighted by Crippen LogP contribution is -2.23. The number of pyridine rings is 2. The fraction of sp³-hybridized carbons (Fsp3) is 0.292. The molecule has 0 aliphatic carbocycles. The largest absolute Gasteiger partial charge is 0.486 e. The minimum atomic E-state index is -1.22. The standard InChI is InChI=1S/C24H23BrClN5O3S/c1-12-8-28-23(24(4,5)33)30-21(12)17-7-18(16(26)9-27-17)31-13(2)6-19(20(25)22(31)32)34-10-15-11-35-14(3)29-15/h6-9,11,33H,10H2,1-5H3. The van der Waals surface area contributed by atoms with Crippen LogP contribution in [0.3, 0.4) is 0 Å². The molecule has 0 bridgehead atoms. The van der Waals surface area contributed by atoms with Gasteiger partial charge in [-0.15, -0.1) is 11.3 Å². The number of aliphatic hydroxyl groups is 1. The van der Waals surface area contributed by atoms with E-state index in [1.807, 2.05) is 19.2 Å². The second-order valence-corrected chi connectivity index (χ2v) is 10.8. The molecule has 4 rings (SSSR count). The van der Waals surface area contributed by atoms with E-state index in [1.165, 1.54) is 10.8 Å². The number of aryl methyl sites for hydroxylation is 3. The quantitative estimate of drug-likeness (QED) is 0.332. The molecule has 0 amide bonds. The Bertz CT molecular complexity index is 1480. The van der Waals surface area contributed by atoms with E-state index >= 15 is 0 Å². The molecule has 0 saturated carbocycles. The highest BCUT2D eigenvalue weighted by molar-refractivity contribution is 9.10. The SMILES string of the molecule is Cc1nc(COc2cc(C)n(-c3cc(-c4nc(C(C)(C)O)ncc4C)ncc3Cl)c(=O)c2Br)cs1. The zero-order valence-corrected chi connectivity index (χ0v) is 22.9. The summed E-state index contributed by atoms with van der Waals surface area (Å²) in [5.74, 6) is 0.686. The molecule has 0 aliphatic heterocycles. The number of nitrogens with zero attached hydrogens (tertiary/aromatic N) is 5. The number of aromatic nitrogens is 5. The molecule has 0 radical (unpaired) electrons. The maximum atomic E-state index is 13.4. The Balaban J connectivity index is 1.76. The minimum Gasteiger partial charge on any atom is -0.486 e. The molecular weight excluding hydrogens is 554 g/mol. The molecule has 11 heteroatoms. The molecule has 0 aliphatic rings. The summed E-state index contributed by atoms with van der Waals surface area (Å²) in [7, 11) is 0. The second kappa shape index (κ2) is 9.77. The van der Waals surface area contributed by atoms with Crippen LogP contribution in [-0.4, -0.2) is 29.6 Å². The average Bonchev–Trinajstić information content (AvgIpc) is 3.21. The van der Waals surface area contributed by atoms with Crippen molar-refractivity contribution in [2.75, 3.05) is 0 Å². The maximum Gasteiger partial charge on any atom is 0.273 e. The lowest BCUT2D eigenvalue weighted by atomic mass is 10.1. The molecule has 8 nitrogen and oxygen atoms in total. The first kappa shape index (κ1) is 25.4. The van der Waals surface area contributed by atoms with Crippen molar-refractivity contribution in [3.05, 3.63) is 77.5 Å². The van der Waals surface area contributed by atoms with Crippen molar-refractivity contribution in [1.29, 1.82) is 0 Å². The van der Waals surface area contributed by atoms with Crippen molar-refractivity contribution in [3.8, 4) is 22.8 Å². The number of hydrogen-bond donors (Lipinski definition) is 1. The first-order chi connectivity index (χ1) is 16.5. The van der Waals surface area contributed by atoms with E-state index in [-0.39, 0.29) is 22.5 Å². The molecule has 1 N–H and O–H groups in total. The van der Waals surface area contributed by atoms with Crippen molar-refractivity contribution in [1.82, 2.24) is 24.5 Å². The van der Waals surface area contributed by atoms with Gasteiger partial charge in [0.1, 0.15) is 22.4 Å². The molecule has 35 heavy (non-hydrogen) atoms. The van der Waals surface area contributed by atoms with Crippen LogP contribution in [0, 0.1) is 20.8 Å². The van der Waals surface area contributed by atoms with E-state index in [4.69, 9.17) is 16.3 Å². The van der Waals surface area contributed by atoms with E-state index in [1.54, 1.807) is 50.4 Å². The van der Waals surface area contributed by atoms with Crippen LogP contribution in [0.5, 0.6) is 5.75 Å². The zero-order valence-electron chi connectivity index (χ0n) is 19.8. The summed E-state index contributed by atoms with van der Waals surface area (Å²) < 4.78 is 7.63. The fourth-order valence-corrected chi connectivity index (χ4v) is 4.63. The van der Waals surface area contributed by atoms with Gasteiger partial charge in [0.25, 0.3) is 5.56 Å². The summed E-state index contributed by atoms with van der Waals surface area (Å²) in [5.41, 5.74) is 2.13. The molecule has 0 saturated heterocycles. The summed E-state index contributed by atoms with van der Waals surface area (Å²) in [4.78, 5) is 30.9. The predicted molar refractivity (Wildman–Crippen MR) is 139 cm³/mol. The Kier molecular flexibility index (Phi) is 7.10. The highest BCUT2D eigenvalue weighted by atomic mass is 79.9. The molecule has 182 valence electrons. The molecular formula is C24H23BrClN5O3S. The highest BCUT2D eigenvalue weighted by Gasteiger charge is 2.22. The van der Waals surface area contributed by atoms with E-state index in [0.717, 1.165) is 16.3 Å². The Morgan fingerprint density at radius 3 is 2.57 bits per heavy atom. The van der Waals surface area contributed by atoms with Crippen LogP contribution in [0.15, 0.2) is 39.2 Å². The summed E-state index contributed by atoms with van der Waals surface area (Å²) >= 11 is 11.4. The van der Waals surface area contributed by atoms with Crippen molar-refractivity contribution < 1.29 is 9.84 Å².